The Hall–Kier alpha value is -1.94. The number of hydrogen-bond acceptors (Lipinski definition) is 3. The van der Waals surface area contributed by atoms with Crippen molar-refractivity contribution in [2.75, 3.05) is 6.54 Å². The van der Waals surface area contributed by atoms with Crippen LogP contribution in [0.15, 0.2) is 29.1 Å². The van der Waals surface area contributed by atoms with E-state index >= 15 is 0 Å². The van der Waals surface area contributed by atoms with Gasteiger partial charge < -0.3 is 5.32 Å². The Morgan fingerprint density at radius 1 is 1.24 bits per heavy atom. The van der Waals surface area contributed by atoms with E-state index in [1.54, 1.807) is 0 Å². The van der Waals surface area contributed by atoms with Crippen LogP contribution in [0, 0.1) is 13.8 Å². The zero-order chi connectivity index (χ0) is 15.2. The van der Waals surface area contributed by atoms with E-state index in [0.29, 0.717) is 6.54 Å². The normalized spacial score (nSPS) is 10.8. The third kappa shape index (κ3) is 4.02. The molecule has 2 rings (SSSR count). The Labute approximate surface area is 125 Å². The first-order chi connectivity index (χ1) is 10.1. The minimum absolute atomic E-state index is 0.118. The topological polar surface area (TPSA) is 57.8 Å². The molecule has 0 fully saturated rings. The van der Waals surface area contributed by atoms with Crippen LogP contribution in [0.3, 0.4) is 0 Å². The molecule has 0 radical (unpaired) electrons. The molecule has 1 aromatic heterocycles. The monoisotopic (exact) mass is 285 g/mol. The molecule has 0 spiro atoms. The quantitative estimate of drug-likeness (QED) is 0.802. The van der Waals surface area contributed by atoms with Gasteiger partial charge in [-0.25, -0.2) is 5.10 Å². The first kappa shape index (κ1) is 15.4. The molecule has 0 unspecified atom stereocenters. The molecule has 112 valence electrons. The van der Waals surface area contributed by atoms with Gasteiger partial charge in [0.2, 0.25) is 0 Å². The van der Waals surface area contributed by atoms with E-state index in [4.69, 9.17) is 0 Å². The molecule has 21 heavy (non-hydrogen) atoms. The van der Waals surface area contributed by atoms with Crippen LogP contribution in [0.25, 0.3) is 11.3 Å². The average Bonchev–Trinajstić information content (AvgIpc) is 2.48. The first-order valence-corrected chi connectivity index (χ1v) is 7.48. The minimum atomic E-state index is -0.118. The summed E-state index contributed by atoms with van der Waals surface area (Å²) in [6.07, 6.45) is 2.26. The molecule has 0 atom stereocenters. The molecule has 0 aliphatic heterocycles. The van der Waals surface area contributed by atoms with Crippen LogP contribution in [0.4, 0.5) is 0 Å². The Bertz CT molecular complexity index is 661. The van der Waals surface area contributed by atoms with Gasteiger partial charge in [-0.05, 0) is 44.5 Å². The van der Waals surface area contributed by atoms with Gasteiger partial charge in [0.05, 0.1) is 5.69 Å². The van der Waals surface area contributed by atoms with Crippen LogP contribution in [-0.4, -0.2) is 16.7 Å². The maximum absolute atomic E-state index is 11.9. The molecule has 2 aromatic rings. The number of aromatic nitrogens is 2. The lowest BCUT2D eigenvalue weighted by Gasteiger charge is -2.08. The minimum Gasteiger partial charge on any atom is -0.312 e. The summed E-state index contributed by atoms with van der Waals surface area (Å²) in [5.41, 5.74) is 4.85. The summed E-state index contributed by atoms with van der Waals surface area (Å²) in [5, 5.41) is 10.1. The van der Waals surface area contributed by atoms with Gasteiger partial charge in [-0.15, -0.1) is 0 Å². The number of nitrogens with one attached hydrogen (secondary N) is 2. The number of aryl methyl sites for hydroxylation is 2. The van der Waals surface area contributed by atoms with Gasteiger partial charge in [-0.1, -0.05) is 31.0 Å². The predicted octanol–water partition coefficient (Wildman–Crippen LogP) is 2.94. The van der Waals surface area contributed by atoms with Crippen LogP contribution in [0.2, 0.25) is 0 Å². The molecule has 0 aliphatic carbocycles. The van der Waals surface area contributed by atoms with Crippen LogP contribution in [0.5, 0.6) is 0 Å². The van der Waals surface area contributed by atoms with E-state index in [1.165, 1.54) is 5.56 Å². The van der Waals surface area contributed by atoms with Crippen molar-refractivity contribution in [1.82, 2.24) is 15.5 Å². The second-order valence-corrected chi connectivity index (χ2v) is 5.46. The molecule has 0 saturated carbocycles. The highest BCUT2D eigenvalue weighted by Gasteiger charge is 2.08. The molecule has 0 aliphatic rings. The highest BCUT2D eigenvalue weighted by atomic mass is 16.1. The highest BCUT2D eigenvalue weighted by molar-refractivity contribution is 5.64. The maximum atomic E-state index is 11.9. The lowest BCUT2D eigenvalue weighted by Crippen LogP contribution is -2.22. The van der Waals surface area contributed by atoms with Crippen molar-refractivity contribution >= 4 is 0 Å². The molecule has 1 aromatic carbocycles. The lowest BCUT2D eigenvalue weighted by atomic mass is 10.0. The highest BCUT2D eigenvalue weighted by Crippen LogP contribution is 2.22. The number of unbranched alkanes of at least 4 members (excludes halogenated alkanes) is 1. The van der Waals surface area contributed by atoms with E-state index in [2.05, 4.69) is 54.5 Å². The molecule has 0 amide bonds. The molecule has 4 nitrogen and oxygen atoms in total. The van der Waals surface area contributed by atoms with Crippen LogP contribution < -0.4 is 10.9 Å². The Kier molecular flexibility index (Phi) is 5.28. The second-order valence-electron chi connectivity index (χ2n) is 5.46. The summed E-state index contributed by atoms with van der Waals surface area (Å²) in [6.45, 7) is 7.77. The van der Waals surface area contributed by atoms with Gasteiger partial charge in [-0.3, -0.25) is 4.79 Å². The van der Waals surface area contributed by atoms with Gasteiger partial charge in [0, 0.05) is 17.7 Å². The van der Waals surface area contributed by atoms with Crippen LogP contribution >= 0.6 is 0 Å². The third-order valence-corrected chi connectivity index (χ3v) is 3.57. The molecule has 0 bridgehead atoms. The van der Waals surface area contributed by atoms with Gasteiger partial charge in [0.1, 0.15) is 0 Å². The van der Waals surface area contributed by atoms with E-state index < -0.39 is 0 Å². The summed E-state index contributed by atoms with van der Waals surface area (Å²) in [7, 11) is 0. The average molecular weight is 285 g/mol. The molecule has 1 heterocycles. The van der Waals surface area contributed by atoms with Crippen molar-refractivity contribution in [2.24, 2.45) is 0 Å². The molecular weight excluding hydrogens is 262 g/mol. The van der Waals surface area contributed by atoms with Crippen LogP contribution in [0.1, 0.15) is 36.5 Å². The standard InChI is InChI=1S/C17H23N3O/c1-4-5-8-18-11-14-10-16(19-20-17(14)21)15-9-12(2)6-7-13(15)3/h6-7,9-10,18H,4-5,8,11H2,1-3H3,(H,20,21). The number of benzene rings is 1. The SMILES string of the molecule is CCCCNCc1cc(-c2cc(C)ccc2C)n[nH]c1=O. The first-order valence-electron chi connectivity index (χ1n) is 7.48. The van der Waals surface area contributed by atoms with E-state index in [0.717, 1.165) is 41.8 Å². The number of aromatic amines is 1. The van der Waals surface area contributed by atoms with Gasteiger partial charge in [-0.2, -0.15) is 5.10 Å². The van der Waals surface area contributed by atoms with Gasteiger partial charge in [0.15, 0.2) is 0 Å². The van der Waals surface area contributed by atoms with Crippen molar-refractivity contribution in [1.29, 1.82) is 0 Å². The molecule has 2 N–H and O–H groups in total. The maximum Gasteiger partial charge on any atom is 0.268 e. The second kappa shape index (κ2) is 7.18. The van der Waals surface area contributed by atoms with Crippen molar-refractivity contribution in [2.45, 2.75) is 40.2 Å². The van der Waals surface area contributed by atoms with E-state index in [1.807, 2.05) is 6.07 Å². The molecular formula is C17H23N3O. The summed E-state index contributed by atoms with van der Waals surface area (Å²) < 4.78 is 0. The zero-order valence-electron chi connectivity index (χ0n) is 13.0. The number of nitrogens with zero attached hydrogens (tertiary/aromatic N) is 1. The van der Waals surface area contributed by atoms with E-state index in [-0.39, 0.29) is 5.56 Å². The van der Waals surface area contributed by atoms with Crippen molar-refractivity contribution in [3.8, 4) is 11.3 Å². The Morgan fingerprint density at radius 2 is 2.05 bits per heavy atom. The Morgan fingerprint density at radius 3 is 2.81 bits per heavy atom. The van der Waals surface area contributed by atoms with Gasteiger partial charge in [0.25, 0.3) is 5.56 Å². The summed E-state index contributed by atoms with van der Waals surface area (Å²) in [6, 6.07) is 8.15. The van der Waals surface area contributed by atoms with Crippen molar-refractivity contribution in [3.63, 3.8) is 0 Å². The largest absolute Gasteiger partial charge is 0.312 e. The Balaban J connectivity index is 2.25. The molecule has 0 saturated heterocycles. The smallest absolute Gasteiger partial charge is 0.268 e. The summed E-state index contributed by atoms with van der Waals surface area (Å²) in [5.74, 6) is 0. The van der Waals surface area contributed by atoms with Crippen molar-refractivity contribution < 1.29 is 0 Å². The molecule has 4 heteroatoms. The fraction of sp³-hybridized carbons (Fsp3) is 0.412. The number of H-pyrrole nitrogens is 1. The number of hydrogen-bond donors (Lipinski definition) is 2. The third-order valence-electron chi connectivity index (χ3n) is 3.57. The fourth-order valence-corrected chi connectivity index (χ4v) is 2.25. The summed E-state index contributed by atoms with van der Waals surface area (Å²) >= 11 is 0. The van der Waals surface area contributed by atoms with E-state index in [9.17, 15) is 4.79 Å². The van der Waals surface area contributed by atoms with Crippen LogP contribution in [-0.2, 0) is 6.54 Å². The van der Waals surface area contributed by atoms with Gasteiger partial charge >= 0.3 is 0 Å². The fourth-order valence-electron chi connectivity index (χ4n) is 2.25. The van der Waals surface area contributed by atoms with Crippen molar-refractivity contribution in [3.05, 3.63) is 51.3 Å². The number of rotatable bonds is 6. The zero-order valence-corrected chi connectivity index (χ0v) is 13.0. The predicted molar refractivity (Wildman–Crippen MR) is 86.4 cm³/mol. The lowest BCUT2D eigenvalue weighted by molar-refractivity contribution is 0.636. The summed E-state index contributed by atoms with van der Waals surface area (Å²) in [4.78, 5) is 11.9.